The second kappa shape index (κ2) is 12.6. The number of para-hydroxylation sites is 2. The fourth-order valence-electron chi connectivity index (χ4n) is 6.19. The number of hydrogen-bond acceptors (Lipinski definition) is 3. The van der Waals surface area contributed by atoms with E-state index in [-0.39, 0.29) is 0 Å². The van der Waals surface area contributed by atoms with E-state index in [9.17, 15) is 0 Å². The van der Waals surface area contributed by atoms with Gasteiger partial charge in [0.2, 0.25) is 0 Å². The van der Waals surface area contributed by atoms with Crippen LogP contribution in [0.1, 0.15) is 0 Å². The third-order valence-electron chi connectivity index (χ3n) is 8.46. The topological polar surface area (TPSA) is 29.0 Å². The molecule has 0 saturated heterocycles. The minimum Gasteiger partial charge on any atom is -0.311 e. The van der Waals surface area contributed by atoms with Gasteiger partial charge < -0.3 is 4.90 Å². The Labute approximate surface area is 275 Å². The van der Waals surface area contributed by atoms with Gasteiger partial charge in [-0.2, -0.15) is 0 Å². The molecule has 0 aliphatic rings. The average molecular weight is 602 g/mol. The molecule has 47 heavy (non-hydrogen) atoms. The van der Waals surface area contributed by atoms with Gasteiger partial charge in [-0.25, -0.2) is 9.97 Å². The summed E-state index contributed by atoms with van der Waals surface area (Å²) in [6, 6.07) is 65.4. The Bertz CT molecular complexity index is 2230. The van der Waals surface area contributed by atoms with Gasteiger partial charge in [0, 0.05) is 28.2 Å². The van der Waals surface area contributed by atoms with Crippen molar-refractivity contribution in [2.75, 3.05) is 4.90 Å². The molecule has 0 radical (unpaired) electrons. The highest BCUT2D eigenvalue weighted by Crippen LogP contribution is 2.38. The maximum Gasteiger partial charge on any atom is 0.0973 e. The van der Waals surface area contributed by atoms with Gasteiger partial charge in [-0.05, 0) is 70.8 Å². The first-order chi connectivity index (χ1) is 23.3. The Hall–Kier alpha value is -6.32. The summed E-state index contributed by atoms with van der Waals surface area (Å²) in [6.45, 7) is 0. The summed E-state index contributed by atoms with van der Waals surface area (Å²) < 4.78 is 0. The van der Waals surface area contributed by atoms with Crippen LogP contribution >= 0.6 is 0 Å². The molecule has 8 aromatic rings. The lowest BCUT2D eigenvalue weighted by molar-refractivity contribution is 1.27. The van der Waals surface area contributed by atoms with Crippen LogP contribution in [-0.2, 0) is 0 Å². The fraction of sp³-hybridized carbons (Fsp3) is 0. The SMILES string of the molecule is c1ccc(-c2ccccc2-c2ccc3nc(-c4ccc(N(c5ccccc5)c5ccccc5)cc4)c(-c4ccccc4)nc3c2)cc1. The molecule has 0 unspecified atom stereocenters. The van der Waals surface area contributed by atoms with Crippen molar-refractivity contribution in [2.45, 2.75) is 0 Å². The molecule has 1 heterocycles. The van der Waals surface area contributed by atoms with Crippen LogP contribution in [0.2, 0.25) is 0 Å². The lowest BCUT2D eigenvalue weighted by Crippen LogP contribution is -2.09. The second-order valence-corrected chi connectivity index (χ2v) is 11.5. The first kappa shape index (κ1) is 28.2. The monoisotopic (exact) mass is 601 g/mol. The summed E-state index contributed by atoms with van der Waals surface area (Å²) in [6.07, 6.45) is 0. The molecule has 0 N–H and O–H groups in total. The summed E-state index contributed by atoms with van der Waals surface area (Å²) >= 11 is 0. The van der Waals surface area contributed by atoms with E-state index in [1.807, 2.05) is 18.2 Å². The summed E-state index contributed by atoms with van der Waals surface area (Å²) in [7, 11) is 0. The maximum atomic E-state index is 5.29. The Morgan fingerprint density at radius 3 is 1.28 bits per heavy atom. The fourth-order valence-corrected chi connectivity index (χ4v) is 6.19. The Kier molecular flexibility index (Phi) is 7.54. The summed E-state index contributed by atoms with van der Waals surface area (Å²) in [5.74, 6) is 0. The predicted molar refractivity (Wildman–Crippen MR) is 196 cm³/mol. The van der Waals surface area contributed by atoms with Gasteiger partial charge in [0.1, 0.15) is 0 Å². The van der Waals surface area contributed by atoms with Crippen LogP contribution in [0.4, 0.5) is 17.1 Å². The molecule has 3 heteroatoms. The van der Waals surface area contributed by atoms with E-state index >= 15 is 0 Å². The Morgan fingerprint density at radius 1 is 0.298 bits per heavy atom. The van der Waals surface area contributed by atoms with Crippen LogP contribution in [0, 0.1) is 0 Å². The molecule has 0 aliphatic heterocycles. The van der Waals surface area contributed by atoms with E-state index in [0.29, 0.717) is 0 Å². The van der Waals surface area contributed by atoms with Gasteiger partial charge in [-0.3, -0.25) is 0 Å². The van der Waals surface area contributed by atoms with E-state index in [0.717, 1.165) is 56.2 Å². The zero-order valence-corrected chi connectivity index (χ0v) is 25.7. The summed E-state index contributed by atoms with van der Waals surface area (Å²) in [5.41, 5.74) is 13.4. The van der Waals surface area contributed by atoms with Gasteiger partial charge in [0.15, 0.2) is 0 Å². The number of fused-ring (bicyclic) bond motifs is 1. The number of anilines is 3. The minimum absolute atomic E-state index is 0.860. The van der Waals surface area contributed by atoms with Crippen molar-refractivity contribution in [3.63, 3.8) is 0 Å². The molecular weight excluding hydrogens is 571 g/mol. The van der Waals surface area contributed by atoms with Crippen molar-refractivity contribution < 1.29 is 0 Å². The van der Waals surface area contributed by atoms with Gasteiger partial charge in [-0.1, -0.05) is 140 Å². The number of benzene rings is 7. The molecule has 3 nitrogen and oxygen atoms in total. The highest BCUT2D eigenvalue weighted by molar-refractivity contribution is 5.92. The molecular formula is C44H31N3. The van der Waals surface area contributed by atoms with E-state index in [4.69, 9.17) is 9.97 Å². The number of rotatable bonds is 7. The van der Waals surface area contributed by atoms with Crippen LogP contribution in [-0.4, -0.2) is 9.97 Å². The molecule has 0 bridgehead atoms. The molecule has 222 valence electrons. The quantitative estimate of drug-likeness (QED) is 0.182. The van der Waals surface area contributed by atoms with E-state index in [1.165, 1.54) is 16.7 Å². The van der Waals surface area contributed by atoms with Gasteiger partial charge in [0.05, 0.1) is 22.4 Å². The average Bonchev–Trinajstić information content (AvgIpc) is 3.16. The normalized spacial score (nSPS) is 11.0. The molecule has 0 fully saturated rings. The van der Waals surface area contributed by atoms with Crippen molar-refractivity contribution >= 4 is 28.1 Å². The molecule has 8 rings (SSSR count). The van der Waals surface area contributed by atoms with Crippen LogP contribution < -0.4 is 4.90 Å². The largest absolute Gasteiger partial charge is 0.311 e. The van der Waals surface area contributed by atoms with Crippen molar-refractivity contribution in [3.8, 4) is 44.8 Å². The zero-order chi connectivity index (χ0) is 31.4. The lowest BCUT2D eigenvalue weighted by atomic mass is 9.94. The third-order valence-corrected chi connectivity index (χ3v) is 8.46. The summed E-state index contributed by atoms with van der Waals surface area (Å²) in [4.78, 5) is 12.8. The maximum absolute atomic E-state index is 5.29. The minimum atomic E-state index is 0.860. The Balaban J connectivity index is 1.23. The molecule has 0 amide bonds. The van der Waals surface area contributed by atoms with Crippen LogP contribution in [0.25, 0.3) is 55.8 Å². The zero-order valence-electron chi connectivity index (χ0n) is 25.7. The molecule has 0 aliphatic carbocycles. The smallest absolute Gasteiger partial charge is 0.0973 e. The summed E-state index contributed by atoms with van der Waals surface area (Å²) in [5, 5.41) is 0. The van der Waals surface area contributed by atoms with E-state index < -0.39 is 0 Å². The predicted octanol–water partition coefficient (Wildman–Crippen LogP) is 11.8. The number of nitrogens with zero attached hydrogens (tertiary/aromatic N) is 3. The van der Waals surface area contributed by atoms with Crippen molar-refractivity contribution in [1.82, 2.24) is 9.97 Å². The van der Waals surface area contributed by atoms with E-state index in [1.54, 1.807) is 0 Å². The number of aromatic nitrogens is 2. The van der Waals surface area contributed by atoms with Gasteiger partial charge in [0.25, 0.3) is 0 Å². The molecule has 0 saturated carbocycles. The van der Waals surface area contributed by atoms with Gasteiger partial charge in [-0.15, -0.1) is 0 Å². The first-order valence-electron chi connectivity index (χ1n) is 15.8. The number of hydrogen-bond donors (Lipinski definition) is 0. The molecule has 0 spiro atoms. The standard InChI is InChI=1S/C44H31N3/c1-5-15-32(16-6-1)39-23-13-14-24-40(39)35-27-30-41-42(31-35)46-43(33-17-7-2-8-18-33)44(45-41)34-25-28-38(29-26-34)47(36-19-9-3-10-20-36)37-21-11-4-12-22-37/h1-31H. The van der Waals surface area contributed by atoms with Crippen LogP contribution in [0.3, 0.4) is 0 Å². The highest BCUT2D eigenvalue weighted by Gasteiger charge is 2.17. The highest BCUT2D eigenvalue weighted by atomic mass is 15.1. The van der Waals surface area contributed by atoms with Crippen molar-refractivity contribution in [1.29, 1.82) is 0 Å². The third kappa shape index (κ3) is 5.67. The Morgan fingerprint density at radius 2 is 0.702 bits per heavy atom. The van der Waals surface area contributed by atoms with Crippen molar-refractivity contribution in [3.05, 3.63) is 188 Å². The first-order valence-corrected chi connectivity index (χ1v) is 15.8. The van der Waals surface area contributed by atoms with Crippen LogP contribution in [0.5, 0.6) is 0 Å². The van der Waals surface area contributed by atoms with Gasteiger partial charge >= 0.3 is 0 Å². The molecule has 0 atom stereocenters. The second-order valence-electron chi connectivity index (χ2n) is 11.5. The van der Waals surface area contributed by atoms with E-state index in [2.05, 4.69) is 175 Å². The van der Waals surface area contributed by atoms with Crippen molar-refractivity contribution in [2.24, 2.45) is 0 Å². The van der Waals surface area contributed by atoms with Crippen LogP contribution in [0.15, 0.2) is 188 Å². The molecule has 1 aromatic heterocycles. The molecule has 7 aromatic carbocycles. The lowest BCUT2D eigenvalue weighted by Gasteiger charge is -2.25.